The van der Waals surface area contributed by atoms with Gasteiger partial charge in [0, 0.05) is 35.6 Å². The van der Waals surface area contributed by atoms with Crippen molar-refractivity contribution in [3.63, 3.8) is 0 Å². The molecule has 2 amide bonds. The normalized spacial score (nSPS) is 12.0. The Morgan fingerprint density at radius 2 is 1.65 bits per heavy atom. The van der Waals surface area contributed by atoms with Crippen molar-refractivity contribution in [2.24, 2.45) is 5.92 Å². The topological polar surface area (TPSA) is 105 Å². The van der Waals surface area contributed by atoms with Gasteiger partial charge in [0.25, 0.3) is 0 Å². The molecule has 3 aromatic rings. The SMILES string of the molecule is COc1ccc(N(CC(=O)N(Cc2ccc(Cl)cc2Cl)[C@@H](Cc2ccccc2)C(=O)NCC(C)C)S(C)(=O)=O)c(OC)c1. The maximum atomic E-state index is 14.3. The highest BCUT2D eigenvalue weighted by atomic mass is 35.5. The van der Waals surface area contributed by atoms with Crippen molar-refractivity contribution < 1.29 is 27.5 Å². The molecule has 0 aliphatic carbocycles. The Hall–Kier alpha value is -3.47. The van der Waals surface area contributed by atoms with Crippen LogP contribution in [0.25, 0.3) is 0 Å². The van der Waals surface area contributed by atoms with Gasteiger partial charge in [-0.15, -0.1) is 0 Å². The molecule has 0 radical (unpaired) electrons. The summed E-state index contributed by atoms with van der Waals surface area (Å²) < 4.78 is 37.8. The summed E-state index contributed by atoms with van der Waals surface area (Å²) in [6.07, 6.45) is 1.19. The summed E-state index contributed by atoms with van der Waals surface area (Å²) in [7, 11) is -1.12. The molecule has 9 nitrogen and oxygen atoms in total. The maximum absolute atomic E-state index is 14.3. The lowest BCUT2D eigenvalue weighted by Gasteiger charge is -2.34. The van der Waals surface area contributed by atoms with Crippen LogP contribution in [-0.2, 0) is 32.6 Å². The van der Waals surface area contributed by atoms with E-state index < -0.39 is 28.5 Å². The molecule has 1 N–H and O–H groups in total. The van der Waals surface area contributed by atoms with Crippen LogP contribution in [0.1, 0.15) is 25.0 Å². The lowest BCUT2D eigenvalue weighted by Crippen LogP contribution is -2.53. The standard InChI is InChI=1S/C31H37Cl2N3O6S/c1-21(2)18-34-31(38)28(15-22-9-7-6-8-10-22)35(19-23-11-12-24(32)16-26(23)33)30(37)20-36(43(5,39)40)27-14-13-25(41-3)17-29(27)42-4/h6-14,16-17,21,28H,15,18-20H2,1-5H3,(H,34,38)/t28-/m0/s1. The summed E-state index contributed by atoms with van der Waals surface area (Å²) in [4.78, 5) is 29.4. The number of rotatable bonds is 14. The third-order valence-corrected chi connectivity index (χ3v) is 8.36. The zero-order valence-electron chi connectivity index (χ0n) is 24.8. The molecule has 0 aromatic heterocycles. The van der Waals surface area contributed by atoms with E-state index in [9.17, 15) is 18.0 Å². The molecule has 12 heteroatoms. The Bertz CT molecular complexity index is 1520. The third-order valence-electron chi connectivity index (χ3n) is 6.65. The summed E-state index contributed by atoms with van der Waals surface area (Å²) in [6.45, 7) is 3.66. The van der Waals surface area contributed by atoms with Gasteiger partial charge in [-0.3, -0.25) is 13.9 Å². The Labute approximate surface area is 263 Å². The molecule has 0 fully saturated rings. The summed E-state index contributed by atoms with van der Waals surface area (Å²) >= 11 is 12.6. The van der Waals surface area contributed by atoms with Gasteiger partial charge in [0.05, 0.1) is 26.2 Å². The van der Waals surface area contributed by atoms with Crippen LogP contribution >= 0.6 is 23.2 Å². The second-order valence-corrected chi connectivity index (χ2v) is 13.2. The highest BCUT2D eigenvalue weighted by Crippen LogP contribution is 2.34. The van der Waals surface area contributed by atoms with Crippen LogP contribution in [0.4, 0.5) is 5.69 Å². The first kappa shape index (κ1) is 34.0. The molecule has 1 atom stereocenters. The number of nitrogens with one attached hydrogen (secondary N) is 1. The van der Waals surface area contributed by atoms with E-state index in [2.05, 4.69) is 5.32 Å². The van der Waals surface area contributed by atoms with Crippen LogP contribution in [0.3, 0.4) is 0 Å². The first-order valence-corrected chi connectivity index (χ1v) is 16.2. The minimum atomic E-state index is -3.99. The second kappa shape index (κ2) is 15.3. The molecule has 0 bridgehead atoms. The van der Waals surface area contributed by atoms with E-state index in [0.717, 1.165) is 16.1 Å². The number of hydrogen-bond acceptors (Lipinski definition) is 6. The predicted molar refractivity (Wildman–Crippen MR) is 171 cm³/mol. The number of nitrogens with zero attached hydrogens (tertiary/aromatic N) is 2. The van der Waals surface area contributed by atoms with Crippen LogP contribution in [0.5, 0.6) is 11.5 Å². The van der Waals surface area contributed by atoms with Gasteiger partial charge in [-0.25, -0.2) is 8.42 Å². The second-order valence-electron chi connectivity index (χ2n) is 10.4. The predicted octanol–water partition coefficient (Wildman–Crippen LogP) is 5.19. The van der Waals surface area contributed by atoms with Crippen LogP contribution < -0.4 is 19.1 Å². The molecule has 0 saturated carbocycles. The Balaban J connectivity index is 2.11. The van der Waals surface area contributed by atoms with Crippen LogP contribution in [-0.4, -0.2) is 64.7 Å². The Kier molecular flexibility index (Phi) is 12.1. The monoisotopic (exact) mass is 649 g/mol. The van der Waals surface area contributed by atoms with Crippen molar-refractivity contribution in [1.29, 1.82) is 0 Å². The van der Waals surface area contributed by atoms with E-state index in [1.54, 1.807) is 24.3 Å². The number of hydrogen-bond donors (Lipinski definition) is 1. The number of methoxy groups -OCH3 is 2. The van der Waals surface area contributed by atoms with Gasteiger partial charge in [0.2, 0.25) is 21.8 Å². The third kappa shape index (κ3) is 9.51. The van der Waals surface area contributed by atoms with Crippen molar-refractivity contribution in [3.8, 4) is 11.5 Å². The number of anilines is 1. The van der Waals surface area contributed by atoms with Gasteiger partial charge in [0.1, 0.15) is 24.1 Å². The van der Waals surface area contributed by atoms with Gasteiger partial charge in [-0.1, -0.05) is 73.4 Å². The lowest BCUT2D eigenvalue weighted by molar-refractivity contribution is -0.140. The fourth-order valence-electron chi connectivity index (χ4n) is 4.40. The molecule has 0 unspecified atom stereocenters. The van der Waals surface area contributed by atoms with Crippen molar-refractivity contribution in [3.05, 3.63) is 87.9 Å². The number of halogens is 2. The van der Waals surface area contributed by atoms with E-state index in [-0.39, 0.29) is 36.2 Å². The summed E-state index contributed by atoms with van der Waals surface area (Å²) in [5.41, 5.74) is 1.51. The van der Waals surface area contributed by atoms with Gasteiger partial charge in [-0.05, 0) is 41.3 Å². The largest absolute Gasteiger partial charge is 0.497 e. The minimum absolute atomic E-state index is 0.0707. The van der Waals surface area contributed by atoms with Crippen LogP contribution in [0.2, 0.25) is 10.0 Å². The fourth-order valence-corrected chi connectivity index (χ4v) is 5.72. The quantitative estimate of drug-likeness (QED) is 0.258. The molecule has 0 saturated heterocycles. The number of benzene rings is 3. The zero-order chi connectivity index (χ0) is 31.7. The number of amides is 2. The van der Waals surface area contributed by atoms with Crippen LogP contribution in [0.15, 0.2) is 66.7 Å². The van der Waals surface area contributed by atoms with E-state index >= 15 is 0 Å². The van der Waals surface area contributed by atoms with E-state index in [1.165, 1.54) is 31.3 Å². The summed E-state index contributed by atoms with van der Waals surface area (Å²) in [5.74, 6) is -0.178. The van der Waals surface area contributed by atoms with Crippen molar-refractivity contribution >= 4 is 50.7 Å². The first-order valence-electron chi connectivity index (χ1n) is 13.6. The Morgan fingerprint density at radius 1 is 0.953 bits per heavy atom. The van der Waals surface area contributed by atoms with Crippen molar-refractivity contribution in [2.75, 3.05) is 37.9 Å². The molecule has 43 heavy (non-hydrogen) atoms. The molecule has 0 aliphatic rings. The van der Waals surface area contributed by atoms with Gasteiger partial charge < -0.3 is 19.7 Å². The lowest BCUT2D eigenvalue weighted by atomic mass is 10.0. The van der Waals surface area contributed by atoms with Crippen LogP contribution in [0, 0.1) is 5.92 Å². The number of sulfonamides is 1. The number of carbonyl (C=O) groups is 2. The molecule has 0 heterocycles. The van der Waals surface area contributed by atoms with Gasteiger partial charge >= 0.3 is 0 Å². The Morgan fingerprint density at radius 3 is 2.23 bits per heavy atom. The molecule has 3 aromatic carbocycles. The number of carbonyl (C=O) groups excluding carboxylic acids is 2. The minimum Gasteiger partial charge on any atom is -0.497 e. The molecular weight excluding hydrogens is 613 g/mol. The van der Waals surface area contributed by atoms with E-state index in [4.69, 9.17) is 32.7 Å². The zero-order valence-corrected chi connectivity index (χ0v) is 27.2. The van der Waals surface area contributed by atoms with E-state index in [0.29, 0.717) is 27.9 Å². The molecular formula is C31H37Cl2N3O6S. The summed E-state index contributed by atoms with van der Waals surface area (Å²) in [5, 5.41) is 3.66. The maximum Gasteiger partial charge on any atom is 0.244 e. The van der Waals surface area contributed by atoms with Gasteiger partial charge in [-0.2, -0.15) is 0 Å². The fraction of sp³-hybridized carbons (Fsp3) is 0.355. The molecule has 232 valence electrons. The number of ether oxygens (including phenoxy) is 2. The average Bonchev–Trinajstić information content (AvgIpc) is 2.96. The molecule has 3 rings (SSSR count). The van der Waals surface area contributed by atoms with Crippen molar-refractivity contribution in [2.45, 2.75) is 32.9 Å². The summed E-state index contributed by atoms with van der Waals surface area (Å²) in [6, 6.07) is 17.8. The highest BCUT2D eigenvalue weighted by molar-refractivity contribution is 7.92. The molecule has 0 spiro atoms. The average molecular weight is 651 g/mol. The van der Waals surface area contributed by atoms with E-state index in [1.807, 2.05) is 44.2 Å². The first-order chi connectivity index (χ1) is 20.3. The van der Waals surface area contributed by atoms with Crippen molar-refractivity contribution in [1.82, 2.24) is 10.2 Å². The highest BCUT2D eigenvalue weighted by Gasteiger charge is 2.34. The smallest absolute Gasteiger partial charge is 0.244 e. The molecule has 0 aliphatic heterocycles. The van der Waals surface area contributed by atoms with Gasteiger partial charge in [0.15, 0.2) is 0 Å².